The summed E-state index contributed by atoms with van der Waals surface area (Å²) in [5, 5.41) is 11.2. The number of anilines is 1. The van der Waals surface area contributed by atoms with Gasteiger partial charge in [-0.15, -0.1) is 0 Å². The minimum Gasteiger partial charge on any atom is -0.335 e. The zero-order chi connectivity index (χ0) is 26.4. The summed E-state index contributed by atoms with van der Waals surface area (Å²) in [6.45, 7) is 5.55. The smallest absolute Gasteiger partial charge is 0.229 e. The van der Waals surface area contributed by atoms with Gasteiger partial charge in [0, 0.05) is 34.3 Å². The van der Waals surface area contributed by atoms with Crippen LogP contribution in [0.15, 0.2) is 67.3 Å². The van der Waals surface area contributed by atoms with E-state index in [1.54, 1.807) is 30.9 Å². The van der Waals surface area contributed by atoms with Crippen LogP contribution in [0.25, 0.3) is 56.0 Å². The van der Waals surface area contributed by atoms with E-state index in [0.717, 1.165) is 27.6 Å². The molecule has 1 aromatic carbocycles. The van der Waals surface area contributed by atoms with Crippen LogP contribution in [0, 0.1) is 11.2 Å². The molecule has 0 unspecified atom stereocenters. The van der Waals surface area contributed by atoms with Crippen LogP contribution in [0.4, 0.5) is 10.1 Å². The first-order valence-corrected chi connectivity index (χ1v) is 12.0. The molecule has 0 aliphatic carbocycles. The van der Waals surface area contributed by atoms with Crippen molar-refractivity contribution in [2.45, 2.75) is 20.8 Å². The van der Waals surface area contributed by atoms with Gasteiger partial charge in [-0.05, 0) is 35.9 Å². The Hall–Kier alpha value is -4.99. The molecule has 0 aliphatic heterocycles. The number of pyridine rings is 3. The Bertz CT molecular complexity index is 1830. The molecule has 1 amide bonds. The van der Waals surface area contributed by atoms with Crippen molar-refractivity contribution >= 4 is 33.7 Å². The van der Waals surface area contributed by atoms with E-state index in [1.165, 1.54) is 12.1 Å². The first kappa shape index (κ1) is 23.4. The Morgan fingerprint density at radius 1 is 1.00 bits per heavy atom. The van der Waals surface area contributed by atoms with E-state index in [1.807, 2.05) is 45.0 Å². The van der Waals surface area contributed by atoms with E-state index in [0.29, 0.717) is 34.1 Å². The summed E-state index contributed by atoms with van der Waals surface area (Å²) in [7, 11) is 0. The van der Waals surface area contributed by atoms with Crippen LogP contribution in [-0.4, -0.2) is 41.0 Å². The molecule has 0 atom stereocenters. The van der Waals surface area contributed by atoms with Gasteiger partial charge in [-0.1, -0.05) is 32.9 Å². The van der Waals surface area contributed by atoms with Crippen molar-refractivity contribution in [3.05, 3.63) is 73.1 Å². The lowest BCUT2D eigenvalue weighted by Gasteiger charge is -2.17. The minimum atomic E-state index is -0.533. The Morgan fingerprint density at radius 2 is 1.87 bits per heavy atom. The van der Waals surface area contributed by atoms with Crippen molar-refractivity contribution in [1.29, 1.82) is 0 Å². The molecular weight excluding hydrogens is 483 g/mol. The van der Waals surface area contributed by atoms with Crippen LogP contribution in [0.2, 0.25) is 0 Å². The number of H-pyrrole nitrogens is 2. The van der Waals surface area contributed by atoms with Gasteiger partial charge in [0.25, 0.3) is 0 Å². The number of hydrogen-bond donors (Lipinski definition) is 3. The molecule has 0 aliphatic rings. The van der Waals surface area contributed by atoms with Crippen LogP contribution in [0.1, 0.15) is 20.8 Å². The first-order valence-electron chi connectivity index (χ1n) is 12.0. The van der Waals surface area contributed by atoms with Gasteiger partial charge < -0.3 is 10.3 Å². The molecule has 9 nitrogen and oxygen atoms in total. The number of fused-ring (bicyclic) bond motifs is 2. The van der Waals surface area contributed by atoms with Gasteiger partial charge in [-0.2, -0.15) is 5.10 Å². The van der Waals surface area contributed by atoms with Gasteiger partial charge in [0.15, 0.2) is 11.5 Å². The third kappa shape index (κ3) is 4.26. The summed E-state index contributed by atoms with van der Waals surface area (Å²) < 4.78 is 13.9. The SMILES string of the molecule is CC(C)(C)C(=O)Nc1cncc(-c2cc3c(-c4nc5nccc(-c6cccc(F)c6)c5[nH]4)n[nH]c3cn2)c1. The Morgan fingerprint density at radius 3 is 2.68 bits per heavy atom. The van der Waals surface area contributed by atoms with Gasteiger partial charge >= 0.3 is 0 Å². The van der Waals surface area contributed by atoms with E-state index in [4.69, 9.17) is 0 Å². The maximum atomic E-state index is 13.9. The fraction of sp³-hybridized carbons (Fsp3) is 0.143. The number of imidazole rings is 1. The zero-order valence-electron chi connectivity index (χ0n) is 20.9. The topological polar surface area (TPSA) is 125 Å². The van der Waals surface area contributed by atoms with Gasteiger partial charge in [0.2, 0.25) is 5.91 Å². The van der Waals surface area contributed by atoms with Crippen LogP contribution in [0.3, 0.4) is 0 Å². The van der Waals surface area contributed by atoms with Crippen LogP contribution < -0.4 is 5.32 Å². The normalized spacial score (nSPS) is 11.8. The molecule has 0 saturated carbocycles. The highest BCUT2D eigenvalue weighted by Gasteiger charge is 2.22. The lowest BCUT2D eigenvalue weighted by Crippen LogP contribution is -2.27. The fourth-order valence-corrected chi connectivity index (χ4v) is 4.14. The summed E-state index contributed by atoms with van der Waals surface area (Å²) in [4.78, 5) is 33.6. The Labute approximate surface area is 216 Å². The summed E-state index contributed by atoms with van der Waals surface area (Å²) in [5.41, 5.74) is 5.47. The monoisotopic (exact) mass is 506 g/mol. The molecule has 0 spiro atoms. The fourth-order valence-electron chi connectivity index (χ4n) is 4.14. The molecule has 10 heteroatoms. The Balaban J connectivity index is 1.40. The summed E-state index contributed by atoms with van der Waals surface area (Å²) in [5.74, 6) is 0.0965. The number of carbonyl (C=O) groups excluding carboxylic acids is 1. The lowest BCUT2D eigenvalue weighted by atomic mass is 9.95. The lowest BCUT2D eigenvalue weighted by molar-refractivity contribution is -0.123. The van der Waals surface area contributed by atoms with Crippen molar-refractivity contribution < 1.29 is 9.18 Å². The number of aromatic nitrogens is 7. The number of nitrogens with one attached hydrogen (secondary N) is 3. The second-order valence-electron chi connectivity index (χ2n) is 10.0. The number of aromatic amines is 2. The van der Waals surface area contributed by atoms with E-state index in [9.17, 15) is 9.18 Å². The molecular formula is C28H23FN8O. The van der Waals surface area contributed by atoms with E-state index in [-0.39, 0.29) is 11.7 Å². The average Bonchev–Trinajstić information content (AvgIpc) is 3.52. The highest BCUT2D eigenvalue weighted by atomic mass is 19.1. The van der Waals surface area contributed by atoms with Crippen molar-refractivity contribution in [1.82, 2.24) is 35.1 Å². The molecule has 6 aromatic rings. The molecule has 3 N–H and O–H groups in total. The number of halogens is 1. The molecule has 0 fully saturated rings. The highest BCUT2D eigenvalue weighted by molar-refractivity contribution is 5.97. The van der Waals surface area contributed by atoms with Crippen molar-refractivity contribution in [3.8, 4) is 33.9 Å². The van der Waals surface area contributed by atoms with E-state index in [2.05, 4.69) is 40.4 Å². The van der Waals surface area contributed by atoms with Crippen molar-refractivity contribution in [3.63, 3.8) is 0 Å². The van der Waals surface area contributed by atoms with Gasteiger partial charge in [-0.3, -0.25) is 19.9 Å². The molecule has 5 heterocycles. The van der Waals surface area contributed by atoms with Crippen LogP contribution in [0.5, 0.6) is 0 Å². The third-order valence-electron chi connectivity index (χ3n) is 6.17. The molecule has 5 aromatic heterocycles. The highest BCUT2D eigenvalue weighted by Crippen LogP contribution is 2.32. The number of carbonyl (C=O) groups is 1. The molecule has 188 valence electrons. The predicted octanol–water partition coefficient (Wildman–Crippen LogP) is 5.75. The largest absolute Gasteiger partial charge is 0.335 e. The number of amides is 1. The Kier molecular flexibility index (Phi) is 5.45. The molecule has 38 heavy (non-hydrogen) atoms. The molecule has 0 bridgehead atoms. The average molecular weight is 507 g/mol. The van der Waals surface area contributed by atoms with Crippen molar-refractivity contribution in [2.24, 2.45) is 5.41 Å². The molecule has 6 rings (SSSR count). The summed E-state index contributed by atoms with van der Waals surface area (Å²) in [6, 6.07) is 11.9. The standard InChI is InChI=1S/C28H23FN8O/c1-28(2,3)27(38)33-18-10-16(12-30-13-18)21-11-20-22(14-32-21)36-37-24(20)26-34-23-19(7-8-31-25(23)35-26)15-5-4-6-17(29)9-15/h4-14H,1-3H3,(H,33,38)(H,36,37)(H,31,34,35). The predicted molar refractivity (Wildman–Crippen MR) is 143 cm³/mol. The number of hydrogen-bond acceptors (Lipinski definition) is 6. The van der Waals surface area contributed by atoms with Gasteiger partial charge in [0.1, 0.15) is 11.5 Å². The molecule has 0 saturated heterocycles. The first-order chi connectivity index (χ1) is 18.3. The summed E-state index contributed by atoms with van der Waals surface area (Å²) in [6.07, 6.45) is 6.64. The van der Waals surface area contributed by atoms with Crippen molar-refractivity contribution in [2.75, 3.05) is 5.32 Å². The van der Waals surface area contributed by atoms with E-state index < -0.39 is 5.41 Å². The minimum absolute atomic E-state index is 0.104. The van der Waals surface area contributed by atoms with Crippen LogP contribution >= 0.6 is 0 Å². The maximum Gasteiger partial charge on any atom is 0.229 e. The maximum absolute atomic E-state index is 13.9. The number of benzene rings is 1. The second kappa shape index (κ2) is 8.84. The third-order valence-corrected chi connectivity index (χ3v) is 6.17. The van der Waals surface area contributed by atoms with Crippen LogP contribution in [-0.2, 0) is 4.79 Å². The second-order valence-corrected chi connectivity index (χ2v) is 10.0. The van der Waals surface area contributed by atoms with E-state index >= 15 is 0 Å². The quantitative estimate of drug-likeness (QED) is 0.280. The van der Waals surface area contributed by atoms with Gasteiger partial charge in [0.05, 0.1) is 34.8 Å². The number of rotatable bonds is 4. The van der Waals surface area contributed by atoms with Gasteiger partial charge in [-0.25, -0.2) is 14.4 Å². The zero-order valence-corrected chi connectivity index (χ0v) is 20.9. The summed E-state index contributed by atoms with van der Waals surface area (Å²) >= 11 is 0. The molecule has 0 radical (unpaired) electrons. The number of nitrogens with zero attached hydrogens (tertiary/aromatic N) is 5.